The van der Waals surface area contributed by atoms with Crippen molar-refractivity contribution >= 4 is 67.1 Å². The summed E-state index contributed by atoms with van der Waals surface area (Å²) in [6.45, 7) is 28.2. The Morgan fingerprint density at radius 1 is 0.426 bits per heavy atom. The topological polar surface area (TPSA) is 209 Å². The number of amides is 4. The van der Waals surface area contributed by atoms with Crippen molar-refractivity contribution in [3.63, 3.8) is 0 Å². The lowest BCUT2D eigenvalue weighted by atomic mass is 9.95. The Hall–Kier alpha value is -9.07. The smallest absolute Gasteiger partial charge is 0.229 e. The van der Waals surface area contributed by atoms with Crippen molar-refractivity contribution in [1.82, 2.24) is 0 Å². The number of carbonyl (C=O) groups is 6. The first-order valence-corrected chi connectivity index (χ1v) is 31.5. The minimum absolute atomic E-state index is 0. The van der Waals surface area contributed by atoms with Crippen LogP contribution in [0.3, 0.4) is 0 Å². The lowest BCUT2D eigenvalue weighted by Gasteiger charge is -2.18. The molecule has 0 saturated heterocycles. The number of aliphatic hydroxyl groups is 2. The van der Waals surface area contributed by atoms with Gasteiger partial charge in [-0.05, 0) is 159 Å². The Bertz CT molecular complexity index is 4240. The van der Waals surface area contributed by atoms with Crippen LogP contribution in [0.5, 0.6) is 11.5 Å². The molecule has 0 saturated carbocycles. The summed E-state index contributed by atoms with van der Waals surface area (Å²) >= 11 is 0. The number of ether oxygens (including phenoxy) is 2. The fourth-order valence-corrected chi connectivity index (χ4v) is 10.8. The van der Waals surface area contributed by atoms with Gasteiger partial charge in [-0.25, -0.2) is 0 Å². The van der Waals surface area contributed by atoms with Gasteiger partial charge in [-0.3, -0.25) is 28.8 Å². The maximum absolute atomic E-state index is 12.7. The summed E-state index contributed by atoms with van der Waals surface area (Å²) in [5.74, 6) is 0.962. The number of benzene rings is 8. The van der Waals surface area contributed by atoms with E-state index in [2.05, 4.69) is 27.3 Å². The van der Waals surface area contributed by atoms with E-state index in [1.54, 1.807) is 44.6 Å². The average Bonchev–Trinajstić information content (AvgIpc) is 1.64. The molecule has 0 fully saturated rings. The SMILES string of the molecule is C.C.COc1ccc2c(c1)-c1ccc(NC(=O)C(C)(C)C)cc1C2=O.COc1cccc2c1C(=O)c1cc(NC(=O)C(C)(C)C)ccc1-2.Cc1ccc2c(c1)-c1ccc(NC(=O)C(C)(C)C)cc1C2O.Cc1cccc2c1C(O)c1cc(NC(=O)C(C)(C)C)ccc1-2.[2H]PC. The molecule has 494 valence electrons. The fourth-order valence-electron chi connectivity index (χ4n) is 10.8. The van der Waals surface area contributed by atoms with Crippen molar-refractivity contribution in [2.45, 2.75) is 124 Å². The van der Waals surface area contributed by atoms with E-state index in [4.69, 9.17) is 10.8 Å². The summed E-state index contributed by atoms with van der Waals surface area (Å²) < 4.78 is 16.8. The predicted octanol–water partition coefficient (Wildman–Crippen LogP) is 17.6. The third-order valence-electron chi connectivity index (χ3n) is 16.2. The predicted molar refractivity (Wildman–Crippen MR) is 387 cm³/mol. The van der Waals surface area contributed by atoms with Crippen molar-refractivity contribution in [1.29, 1.82) is 1.28 Å². The number of anilines is 4. The molecular weight excluding hydrogens is 1200 g/mol. The van der Waals surface area contributed by atoms with Crippen LogP contribution in [0.25, 0.3) is 44.5 Å². The second kappa shape index (κ2) is 29.1. The highest BCUT2D eigenvalue weighted by atomic mass is 31.0. The molecule has 94 heavy (non-hydrogen) atoms. The van der Waals surface area contributed by atoms with Crippen LogP contribution < -0.4 is 30.7 Å². The highest BCUT2D eigenvalue weighted by Gasteiger charge is 2.34. The lowest BCUT2D eigenvalue weighted by molar-refractivity contribution is -0.123. The molecule has 14 nitrogen and oxygen atoms in total. The molecule has 4 amide bonds. The molecule has 0 aromatic heterocycles. The van der Waals surface area contributed by atoms with E-state index in [1.807, 2.05) is 213 Å². The van der Waals surface area contributed by atoms with Crippen LogP contribution in [0.15, 0.2) is 146 Å². The molecule has 8 aromatic carbocycles. The van der Waals surface area contributed by atoms with Gasteiger partial charge in [-0.1, -0.05) is 183 Å². The second-order valence-corrected chi connectivity index (χ2v) is 27.3. The van der Waals surface area contributed by atoms with Crippen molar-refractivity contribution in [2.75, 3.05) is 42.2 Å². The van der Waals surface area contributed by atoms with Crippen LogP contribution in [0.1, 0.15) is 175 Å². The monoisotopic (exact) mass is 1290 g/mol. The van der Waals surface area contributed by atoms with Gasteiger partial charge in [0.15, 0.2) is 11.6 Å². The number of nitrogens with one attached hydrogen (secondary N) is 4. The number of hydrogen-bond donors (Lipinski definition) is 6. The Morgan fingerprint density at radius 2 is 0.840 bits per heavy atom. The molecule has 0 aliphatic heterocycles. The number of fused-ring (bicyclic) bond motifs is 12. The van der Waals surface area contributed by atoms with Gasteiger partial charge in [0.2, 0.25) is 23.6 Å². The summed E-state index contributed by atoms with van der Waals surface area (Å²) in [4.78, 5) is 73.7. The molecule has 4 aliphatic carbocycles. The summed E-state index contributed by atoms with van der Waals surface area (Å²) in [6, 6.07) is 45.5. The largest absolute Gasteiger partial charge is 0.497 e. The fraction of sp³-hybridized carbons (Fsp3) is 0.316. The average molecular weight is 1290 g/mol. The van der Waals surface area contributed by atoms with Crippen molar-refractivity contribution in [2.24, 2.45) is 21.7 Å². The van der Waals surface area contributed by atoms with Gasteiger partial charge >= 0.3 is 0 Å². The first kappa shape index (κ1) is 72.4. The lowest BCUT2D eigenvalue weighted by Crippen LogP contribution is -2.27. The number of rotatable bonds is 6. The van der Waals surface area contributed by atoms with E-state index in [9.17, 15) is 39.0 Å². The van der Waals surface area contributed by atoms with Gasteiger partial charge < -0.3 is 41.0 Å². The molecule has 0 heterocycles. The van der Waals surface area contributed by atoms with Gasteiger partial charge in [0.1, 0.15) is 23.7 Å². The summed E-state index contributed by atoms with van der Waals surface area (Å²) in [5, 5.41) is 32.7. The van der Waals surface area contributed by atoms with E-state index >= 15 is 0 Å². The van der Waals surface area contributed by atoms with E-state index in [-0.39, 0.29) is 50.0 Å². The van der Waals surface area contributed by atoms with E-state index in [0.29, 0.717) is 48.6 Å². The summed E-state index contributed by atoms with van der Waals surface area (Å²) in [6.07, 6.45) is -1.25. The molecule has 8 aromatic rings. The zero-order chi connectivity index (χ0) is 68.4. The first-order valence-electron chi connectivity index (χ1n) is 31.0. The van der Waals surface area contributed by atoms with Crippen LogP contribution >= 0.6 is 9.18 Å². The molecular formula is C79H93N4O10P. The Labute approximate surface area is 559 Å². The molecule has 4 aliphatic rings. The molecule has 6 N–H and O–H groups in total. The maximum Gasteiger partial charge on any atom is 0.229 e. The van der Waals surface area contributed by atoms with Crippen LogP contribution in [-0.4, -0.2) is 67.6 Å². The van der Waals surface area contributed by atoms with Crippen molar-refractivity contribution in [3.8, 4) is 56.0 Å². The van der Waals surface area contributed by atoms with Gasteiger partial charge in [0.25, 0.3) is 0 Å². The van der Waals surface area contributed by atoms with Crippen LogP contribution in [0, 0.1) is 35.5 Å². The van der Waals surface area contributed by atoms with Crippen LogP contribution in [0.4, 0.5) is 22.7 Å². The molecule has 0 spiro atoms. The zero-order valence-corrected chi connectivity index (χ0v) is 56.7. The molecule has 0 radical (unpaired) electrons. The molecule has 15 heteroatoms. The van der Waals surface area contributed by atoms with Crippen LogP contribution in [-0.2, 0) is 19.2 Å². The Morgan fingerprint density at radius 3 is 1.32 bits per heavy atom. The maximum atomic E-state index is 12.7. The van der Waals surface area contributed by atoms with E-state index in [1.165, 1.54) is 5.56 Å². The highest BCUT2D eigenvalue weighted by Crippen LogP contribution is 2.48. The van der Waals surface area contributed by atoms with Crippen molar-refractivity contribution in [3.05, 3.63) is 201 Å². The number of ketones is 2. The van der Waals surface area contributed by atoms with Crippen molar-refractivity contribution < 1.29 is 48.5 Å². The number of aryl methyl sites for hydroxylation is 2. The Balaban J connectivity index is 0.000000196. The summed E-state index contributed by atoms with van der Waals surface area (Å²) in [5.41, 5.74) is 16.9. The number of aliphatic hydroxyl groups excluding tert-OH is 2. The Kier molecular flexibility index (Phi) is 22.4. The highest BCUT2D eigenvalue weighted by molar-refractivity contribution is 7.15. The number of carbonyl (C=O) groups excluding carboxylic acids is 6. The minimum Gasteiger partial charge on any atom is -0.497 e. The van der Waals surface area contributed by atoms with E-state index in [0.717, 1.165) is 89.4 Å². The molecule has 3 atom stereocenters. The quantitative estimate of drug-likeness (QED) is 0.0868. The zero-order valence-electron chi connectivity index (χ0n) is 56.7. The molecule has 12 rings (SSSR count). The minimum atomic E-state index is -0.628. The third kappa shape index (κ3) is 15.6. The first-order chi connectivity index (χ1) is 43.6. The van der Waals surface area contributed by atoms with Gasteiger partial charge in [-0.2, -0.15) is 0 Å². The number of hydrogen-bond acceptors (Lipinski definition) is 10. The standard InChI is InChI=1S/2C19H19NO3.2C19H21NO2.CH5P.2CH4/c1-19(2,3)18(22)20-11-5-7-13-15-10-12(23-4)6-8-14(15)17(21)16(13)9-11;1-19(2,3)18(22)20-11-8-9-12-13-6-5-7-15(23-4)16(13)17(21)14(12)10-11;1-11-5-7-14-15(9-11)13-8-6-12(10-16(13)17(14)21)20-18(22)19(2,3)4;1-11-6-5-7-14-13-9-8-12(20-18(22)19(2,3)4)10-15(13)17(21)16(11)14;1-2;;/h2*5-10H,1-4H3,(H,20,22);2*5-10,17,21H,1-4H3,(H,20,22);2H2,1H3;2*1H4/i;;;;2D;;. The van der Waals surface area contributed by atoms with E-state index < -0.39 is 33.9 Å². The molecule has 3 unspecified atom stereocenters. The van der Waals surface area contributed by atoms with Crippen LogP contribution in [0.2, 0.25) is 0 Å². The third-order valence-corrected chi connectivity index (χ3v) is 16.2. The second-order valence-electron chi connectivity index (χ2n) is 27.3. The number of methoxy groups -OCH3 is 2. The summed E-state index contributed by atoms with van der Waals surface area (Å²) in [7, 11) is 3.49. The van der Waals surface area contributed by atoms with Gasteiger partial charge in [0, 0.05) is 61.1 Å². The molecule has 0 bridgehead atoms. The normalized spacial score (nSPS) is 14.1. The van der Waals surface area contributed by atoms with Gasteiger partial charge in [0.05, 0.1) is 21.1 Å². The van der Waals surface area contributed by atoms with Gasteiger partial charge in [-0.15, -0.1) is 9.18 Å².